The van der Waals surface area contributed by atoms with Crippen molar-refractivity contribution in [3.8, 4) is 39.4 Å². The van der Waals surface area contributed by atoms with E-state index in [-0.39, 0.29) is 0 Å². The first-order valence-electron chi connectivity index (χ1n) is 10.7. The molecule has 5 aromatic carbocycles. The largest absolute Gasteiger partial charge is 0.326 e. The van der Waals surface area contributed by atoms with Gasteiger partial charge in [0.1, 0.15) is 0 Å². The molecule has 0 unspecified atom stereocenters. The van der Waals surface area contributed by atoms with E-state index in [0.717, 1.165) is 22.3 Å². The smallest absolute Gasteiger partial charge is 0.0998 e. The van der Waals surface area contributed by atoms with Gasteiger partial charge in [0.05, 0.1) is 11.6 Å². The van der Waals surface area contributed by atoms with Crippen molar-refractivity contribution in [2.75, 3.05) is 0 Å². The zero-order valence-electron chi connectivity index (χ0n) is 17.6. The Kier molecular flexibility index (Phi) is 5.25. The fourth-order valence-corrected chi connectivity index (χ4v) is 4.11. The highest BCUT2D eigenvalue weighted by Gasteiger charge is 2.06. The zero-order valence-corrected chi connectivity index (χ0v) is 17.6. The third-order valence-corrected chi connectivity index (χ3v) is 5.94. The maximum Gasteiger partial charge on any atom is 0.0998 e. The molecule has 0 spiro atoms. The molecule has 0 saturated heterocycles. The van der Waals surface area contributed by atoms with Crippen molar-refractivity contribution < 1.29 is 0 Å². The molecule has 0 radical (unpaired) electrons. The van der Waals surface area contributed by atoms with Crippen LogP contribution in [0, 0.1) is 11.3 Å². The lowest BCUT2D eigenvalue weighted by atomic mass is 9.95. The molecule has 0 aromatic heterocycles. The van der Waals surface area contributed by atoms with Crippen molar-refractivity contribution in [1.29, 1.82) is 5.26 Å². The Balaban J connectivity index is 1.49. The lowest BCUT2D eigenvalue weighted by molar-refractivity contribution is 1.07. The van der Waals surface area contributed by atoms with Gasteiger partial charge in [-0.1, -0.05) is 91.0 Å². The van der Waals surface area contributed by atoms with Crippen LogP contribution in [0.25, 0.3) is 44.2 Å². The van der Waals surface area contributed by atoms with Crippen molar-refractivity contribution in [2.45, 2.75) is 6.54 Å². The maximum absolute atomic E-state index is 9.39. The second-order valence-corrected chi connectivity index (χ2v) is 7.91. The summed E-state index contributed by atoms with van der Waals surface area (Å²) in [5.74, 6) is 0. The number of nitriles is 1. The Bertz CT molecular complexity index is 1440. The molecule has 0 amide bonds. The van der Waals surface area contributed by atoms with E-state index in [9.17, 15) is 5.26 Å². The fraction of sp³-hybridized carbons (Fsp3) is 0.0333. The quantitative estimate of drug-likeness (QED) is 0.341. The minimum Gasteiger partial charge on any atom is -0.326 e. The van der Waals surface area contributed by atoms with Crippen LogP contribution in [-0.4, -0.2) is 0 Å². The van der Waals surface area contributed by atoms with E-state index in [1.54, 1.807) is 0 Å². The van der Waals surface area contributed by atoms with Gasteiger partial charge in [-0.25, -0.2) is 0 Å². The van der Waals surface area contributed by atoms with E-state index in [2.05, 4.69) is 91.0 Å². The van der Waals surface area contributed by atoms with E-state index in [4.69, 9.17) is 5.73 Å². The van der Waals surface area contributed by atoms with Gasteiger partial charge >= 0.3 is 0 Å². The highest BCUT2D eigenvalue weighted by atomic mass is 14.5. The van der Waals surface area contributed by atoms with E-state index in [1.165, 1.54) is 27.5 Å². The summed E-state index contributed by atoms with van der Waals surface area (Å²) in [6.07, 6.45) is 0. The molecule has 0 heterocycles. The van der Waals surface area contributed by atoms with Gasteiger partial charge in [0.25, 0.3) is 0 Å². The third kappa shape index (κ3) is 3.78. The van der Waals surface area contributed by atoms with Gasteiger partial charge in [0.15, 0.2) is 0 Å². The topological polar surface area (TPSA) is 49.8 Å². The minimum atomic E-state index is 0.558. The summed E-state index contributed by atoms with van der Waals surface area (Å²) < 4.78 is 0. The summed E-state index contributed by atoms with van der Waals surface area (Å²) in [6.45, 7) is 0.558. The molecule has 0 aliphatic rings. The molecule has 0 saturated carbocycles. The molecular weight excluding hydrogens is 388 g/mol. The summed E-state index contributed by atoms with van der Waals surface area (Å²) in [5.41, 5.74) is 14.3. The van der Waals surface area contributed by atoms with Crippen LogP contribution in [0.1, 0.15) is 11.1 Å². The number of benzene rings is 5. The molecular formula is C30H22N2. The highest BCUT2D eigenvalue weighted by molar-refractivity contribution is 5.91. The highest BCUT2D eigenvalue weighted by Crippen LogP contribution is 2.31. The monoisotopic (exact) mass is 410 g/mol. The Morgan fingerprint density at radius 2 is 1.09 bits per heavy atom. The lowest BCUT2D eigenvalue weighted by Gasteiger charge is -2.09. The van der Waals surface area contributed by atoms with Crippen LogP contribution >= 0.6 is 0 Å². The molecule has 5 rings (SSSR count). The molecule has 0 atom stereocenters. The second kappa shape index (κ2) is 8.51. The van der Waals surface area contributed by atoms with Crippen molar-refractivity contribution in [3.63, 3.8) is 0 Å². The van der Waals surface area contributed by atoms with Crippen molar-refractivity contribution in [3.05, 3.63) is 120 Å². The normalized spacial score (nSPS) is 10.8. The summed E-state index contributed by atoms with van der Waals surface area (Å²) in [5, 5.41) is 11.8. The Morgan fingerprint density at radius 1 is 0.562 bits per heavy atom. The molecule has 0 aliphatic heterocycles. The zero-order chi connectivity index (χ0) is 21.9. The lowest BCUT2D eigenvalue weighted by Crippen LogP contribution is -1.95. The van der Waals surface area contributed by atoms with Crippen LogP contribution in [0.3, 0.4) is 0 Å². The summed E-state index contributed by atoms with van der Waals surface area (Å²) in [6, 6.07) is 40.0. The number of nitrogens with two attached hydrogens (primary N) is 1. The molecule has 5 aromatic rings. The van der Waals surface area contributed by atoms with E-state index < -0.39 is 0 Å². The van der Waals surface area contributed by atoms with Crippen LogP contribution in [0.2, 0.25) is 0 Å². The number of nitrogens with zero attached hydrogens (tertiary/aromatic N) is 1. The van der Waals surface area contributed by atoms with Crippen LogP contribution in [0.15, 0.2) is 109 Å². The van der Waals surface area contributed by atoms with Gasteiger partial charge in [0.2, 0.25) is 0 Å². The van der Waals surface area contributed by atoms with Gasteiger partial charge in [-0.05, 0) is 67.9 Å². The summed E-state index contributed by atoms with van der Waals surface area (Å²) in [4.78, 5) is 0. The van der Waals surface area contributed by atoms with Crippen LogP contribution in [-0.2, 0) is 6.54 Å². The van der Waals surface area contributed by atoms with Crippen LogP contribution in [0.5, 0.6) is 0 Å². The molecule has 0 fully saturated rings. The third-order valence-electron chi connectivity index (χ3n) is 5.94. The Morgan fingerprint density at radius 3 is 1.69 bits per heavy atom. The number of rotatable bonds is 4. The minimum absolute atomic E-state index is 0.558. The molecule has 152 valence electrons. The maximum atomic E-state index is 9.39. The van der Waals surface area contributed by atoms with Crippen molar-refractivity contribution in [1.82, 2.24) is 0 Å². The molecule has 2 N–H and O–H groups in total. The summed E-state index contributed by atoms with van der Waals surface area (Å²) in [7, 11) is 0. The van der Waals surface area contributed by atoms with Gasteiger partial charge in [-0.3, -0.25) is 0 Å². The standard InChI is InChI=1S/C30H22N2/c31-19-21-5-7-22(8-6-21)26-15-11-24-12-16-27(18-29(24)17-26)23-9-13-25(14-10-23)30-4-2-1-3-28(30)20-32/h1-18H,19,31H2. The second-order valence-electron chi connectivity index (χ2n) is 7.91. The first-order valence-corrected chi connectivity index (χ1v) is 10.7. The molecule has 2 nitrogen and oxygen atoms in total. The van der Waals surface area contributed by atoms with E-state index >= 15 is 0 Å². The fourth-order valence-electron chi connectivity index (χ4n) is 4.11. The van der Waals surface area contributed by atoms with Gasteiger partial charge in [-0.15, -0.1) is 0 Å². The van der Waals surface area contributed by atoms with Gasteiger partial charge < -0.3 is 5.73 Å². The Hall–Kier alpha value is -4.19. The van der Waals surface area contributed by atoms with Gasteiger partial charge in [-0.2, -0.15) is 5.26 Å². The molecule has 0 aliphatic carbocycles. The number of hydrogen-bond donors (Lipinski definition) is 1. The van der Waals surface area contributed by atoms with Crippen molar-refractivity contribution >= 4 is 10.8 Å². The predicted molar refractivity (Wildman–Crippen MR) is 133 cm³/mol. The average molecular weight is 411 g/mol. The number of hydrogen-bond acceptors (Lipinski definition) is 2. The number of fused-ring (bicyclic) bond motifs is 1. The Labute approximate surface area is 188 Å². The first-order chi connectivity index (χ1) is 15.7. The average Bonchev–Trinajstić information content (AvgIpc) is 2.88. The SMILES string of the molecule is N#Cc1ccccc1-c1ccc(-c2ccc3ccc(-c4ccc(CN)cc4)cc3c2)cc1. The van der Waals surface area contributed by atoms with E-state index in [1.807, 2.05) is 24.3 Å². The summed E-state index contributed by atoms with van der Waals surface area (Å²) >= 11 is 0. The molecule has 2 heteroatoms. The molecule has 0 bridgehead atoms. The van der Waals surface area contributed by atoms with Crippen molar-refractivity contribution in [2.24, 2.45) is 5.73 Å². The first kappa shape index (κ1) is 19.8. The van der Waals surface area contributed by atoms with Crippen LogP contribution in [0.4, 0.5) is 0 Å². The van der Waals surface area contributed by atoms with Gasteiger partial charge in [0, 0.05) is 6.54 Å². The van der Waals surface area contributed by atoms with E-state index in [0.29, 0.717) is 12.1 Å². The molecule has 32 heavy (non-hydrogen) atoms. The van der Waals surface area contributed by atoms with Crippen LogP contribution < -0.4 is 5.73 Å². The predicted octanol–water partition coefficient (Wildman–Crippen LogP) is 7.17.